The Kier molecular flexibility index (Phi) is 12.6. The smallest absolute Gasteiger partial charge is 0.134 e. The predicted molar refractivity (Wildman–Crippen MR) is 341 cm³/mol. The lowest BCUT2D eigenvalue weighted by Crippen LogP contribution is -2.07. The van der Waals surface area contributed by atoms with Crippen LogP contribution in [0.3, 0.4) is 0 Å². The van der Waals surface area contributed by atoms with E-state index in [0.717, 1.165) is 79.6 Å². The molecule has 0 saturated heterocycles. The van der Waals surface area contributed by atoms with Gasteiger partial charge in [-0.05, 0) is 108 Å². The van der Waals surface area contributed by atoms with Crippen molar-refractivity contribution in [1.82, 2.24) is 23.7 Å². The van der Waals surface area contributed by atoms with Crippen LogP contribution in [0.4, 0.5) is 0 Å². The van der Waals surface area contributed by atoms with Crippen LogP contribution >= 0.6 is 0 Å². The van der Waals surface area contributed by atoms with E-state index in [1.165, 1.54) is 66.3 Å². The van der Waals surface area contributed by atoms with Crippen LogP contribution in [0.2, 0.25) is 0 Å². The second kappa shape index (κ2) is 20.7. The Labute approximate surface area is 471 Å². The molecule has 1 saturated carbocycles. The first-order chi connectivity index (χ1) is 40.1. The number of rotatable bonds is 7. The van der Waals surface area contributed by atoms with Gasteiger partial charge < -0.3 is 18.1 Å². The first-order valence-corrected chi connectivity index (χ1v) is 28.3. The van der Waals surface area contributed by atoms with Crippen molar-refractivity contribution in [3.63, 3.8) is 0 Å². The third kappa shape index (κ3) is 8.43. The van der Waals surface area contributed by atoms with E-state index in [1.807, 2.05) is 57.7 Å². The standard InChI is InChI=1S/C68H45N5O.C5H8.C2H6/c1-2-17-50-51-18-8-11-24-63(51)73(62(50)21-3-1)64-39-59-57-36-47(26-28-67(57)74-68(59)58-38-56(58)64)43-14-5-4-13-42(33-43)44-15-12-16-45(34-44)46-25-27-48(71-60-22-9-6-19-52(60)54-29-31-69-40-65(54)71)37-49(35-46)72-61-23-10-7-20-53(61)55-30-32-70-41-66(55)72;1-3-5-4-2;1-2/h1-20,22-26,28-37,39-42,56,58H,21,38H2;3-5H,1H2,2H3;1-2H3/b;5-4-;. The van der Waals surface area contributed by atoms with Crippen LogP contribution in [0.1, 0.15) is 78.3 Å². The normalized spacial score (nSPS) is 17.8. The van der Waals surface area contributed by atoms with Gasteiger partial charge in [0, 0.05) is 97.1 Å². The van der Waals surface area contributed by atoms with Crippen LogP contribution in [0, 0.1) is 5.92 Å². The minimum absolute atomic E-state index is 0.0259. The summed E-state index contributed by atoms with van der Waals surface area (Å²) in [5.41, 5.74) is 23.3. The van der Waals surface area contributed by atoms with Gasteiger partial charge in [0.1, 0.15) is 11.3 Å². The summed E-state index contributed by atoms with van der Waals surface area (Å²) >= 11 is 0. The number of nitrogens with zero attached hydrogens (tertiary/aromatic N) is 5. The molecule has 0 N–H and O–H groups in total. The van der Waals surface area contributed by atoms with Crippen molar-refractivity contribution in [1.29, 1.82) is 0 Å². The third-order valence-electron chi connectivity index (χ3n) is 16.4. The molecular weight excluding hydrogens is 987 g/mol. The molecule has 1 fully saturated rings. The average Bonchev–Trinajstić information content (AvgIpc) is 3.96. The van der Waals surface area contributed by atoms with Crippen molar-refractivity contribution < 1.29 is 4.42 Å². The molecule has 5 aliphatic rings. The molecule has 3 unspecified atom stereocenters. The molecule has 11 aromatic rings. The number of benzene rings is 5. The van der Waals surface area contributed by atoms with Crippen molar-refractivity contribution in [2.45, 2.75) is 45.4 Å². The van der Waals surface area contributed by atoms with E-state index in [2.05, 4.69) is 242 Å². The van der Waals surface area contributed by atoms with Crippen LogP contribution in [0.5, 0.6) is 0 Å². The van der Waals surface area contributed by atoms with Crippen LogP contribution in [-0.4, -0.2) is 23.7 Å². The molecule has 6 aromatic heterocycles. The summed E-state index contributed by atoms with van der Waals surface area (Å²) in [6.07, 6.45) is 44.7. The highest BCUT2D eigenvalue weighted by molar-refractivity contribution is 6.13. The highest BCUT2D eigenvalue weighted by Crippen LogP contribution is 2.60. The van der Waals surface area contributed by atoms with Crippen LogP contribution in [0.15, 0.2) is 254 Å². The summed E-state index contributed by atoms with van der Waals surface area (Å²) in [6.45, 7) is 9.42. The Balaban J connectivity index is 0.000000801. The fourth-order valence-electron chi connectivity index (χ4n) is 12.7. The van der Waals surface area contributed by atoms with Gasteiger partial charge in [-0.1, -0.05) is 184 Å². The van der Waals surface area contributed by atoms with Gasteiger partial charge in [0.25, 0.3) is 0 Å². The Morgan fingerprint density at radius 2 is 1.30 bits per heavy atom. The zero-order valence-electron chi connectivity index (χ0n) is 45.7. The predicted octanol–water partition coefficient (Wildman–Crippen LogP) is 19.3. The summed E-state index contributed by atoms with van der Waals surface area (Å²) in [5, 5.41) is 7.16. The van der Waals surface area contributed by atoms with E-state index in [1.54, 1.807) is 6.08 Å². The number of hydrogen-bond donors (Lipinski definition) is 0. The maximum Gasteiger partial charge on any atom is 0.134 e. The molecule has 0 radical (unpaired) electrons. The van der Waals surface area contributed by atoms with Crippen molar-refractivity contribution >= 4 is 106 Å². The highest BCUT2D eigenvalue weighted by atomic mass is 16.3. The van der Waals surface area contributed by atoms with Crippen LogP contribution in [0.25, 0.3) is 106 Å². The summed E-state index contributed by atoms with van der Waals surface area (Å²) in [5.74, 6) is 2.00. The SMILES string of the molecule is C1=CC(c2cccc(C3C=CC=CC(c4ccc5oc6c(c5c4)C=C(n4c5c(c7ccccc74)C=CC=CC5)C4CC64)=C3)c2)=CC(n2c3ccccc3c3ccncc32)=CC=1n1c2ccccc2c2ccncc21.C=C/C=C\C.CC. The fourth-order valence-corrected chi connectivity index (χ4v) is 12.7. The van der Waals surface area contributed by atoms with E-state index in [9.17, 15) is 0 Å². The lowest BCUT2D eigenvalue weighted by Gasteiger charge is -2.18. The molecule has 6 heteroatoms. The fraction of sp³-hybridized carbons (Fsp3) is 0.107. The average molecular weight is 1050 g/mol. The molecule has 6 heterocycles. The molecule has 0 aliphatic heterocycles. The van der Waals surface area contributed by atoms with E-state index < -0.39 is 0 Å². The second-order valence-corrected chi connectivity index (χ2v) is 20.9. The van der Waals surface area contributed by atoms with Gasteiger partial charge in [0.2, 0.25) is 0 Å². The molecule has 5 aliphatic carbocycles. The van der Waals surface area contributed by atoms with E-state index in [-0.39, 0.29) is 5.92 Å². The number of para-hydroxylation sites is 3. The molecule has 0 amide bonds. The van der Waals surface area contributed by atoms with Crippen molar-refractivity contribution in [2.24, 2.45) is 5.92 Å². The minimum atomic E-state index is 0.0259. The Morgan fingerprint density at radius 1 is 0.605 bits per heavy atom. The number of pyridine rings is 2. The molecule has 0 spiro atoms. The Hall–Kier alpha value is -10.0. The lowest BCUT2D eigenvalue weighted by atomic mass is 9.91. The molecule has 0 bridgehead atoms. The van der Waals surface area contributed by atoms with E-state index >= 15 is 0 Å². The number of allylic oxidation sites excluding steroid dienone is 18. The first kappa shape index (κ1) is 49.3. The topological polar surface area (TPSA) is 53.7 Å². The van der Waals surface area contributed by atoms with Crippen LogP contribution in [-0.2, 0) is 6.42 Å². The zero-order chi connectivity index (χ0) is 54.6. The molecule has 81 heavy (non-hydrogen) atoms. The minimum Gasteiger partial charge on any atom is -0.460 e. The summed E-state index contributed by atoms with van der Waals surface area (Å²) in [6, 6.07) is 46.2. The highest BCUT2D eigenvalue weighted by Gasteiger charge is 2.49. The summed E-state index contributed by atoms with van der Waals surface area (Å²) in [7, 11) is 0. The van der Waals surface area contributed by atoms with Gasteiger partial charge in [0.05, 0.1) is 45.7 Å². The monoisotopic (exact) mass is 1050 g/mol. The van der Waals surface area contributed by atoms with Crippen LogP contribution < -0.4 is 0 Å². The van der Waals surface area contributed by atoms with Crippen molar-refractivity contribution in [3.8, 4) is 0 Å². The van der Waals surface area contributed by atoms with Gasteiger partial charge in [-0.25, -0.2) is 0 Å². The molecule has 6 nitrogen and oxygen atoms in total. The third-order valence-corrected chi connectivity index (χ3v) is 16.4. The van der Waals surface area contributed by atoms with Gasteiger partial charge in [-0.3, -0.25) is 9.97 Å². The number of aromatic nitrogens is 5. The quantitative estimate of drug-likeness (QED) is 0.118. The largest absolute Gasteiger partial charge is 0.460 e. The first-order valence-electron chi connectivity index (χ1n) is 28.3. The lowest BCUT2D eigenvalue weighted by molar-refractivity contribution is 0.544. The van der Waals surface area contributed by atoms with Gasteiger partial charge in [-0.15, -0.1) is 0 Å². The molecule has 5 aromatic carbocycles. The number of furan rings is 1. The summed E-state index contributed by atoms with van der Waals surface area (Å²) in [4.78, 5) is 9.25. The number of hydrogen-bond acceptors (Lipinski definition) is 3. The van der Waals surface area contributed by atoms with Gasteiger partial charge in [0.15, 0.2) is 0 Å². The van der Waals surface area contributed by atoms with Crippen molar-refractivity contribution in [2.75, 3.05) is 0 Å². The maximum absolute atomic E-state index is 6.75. The Bertz CT molecular complexity index is 4650. The van der Waals surface area contributed by atoms with Crippen molar-refractivity contribution in [3.05, 3.63) is 289 Å². The van der Waals surface area contributed by atoms with E-state index in [4.69, 9.17) is 4.42 Å². The maximum atomic E-state index is 6.75. The summed E-state index contributed by atoms with van der Waals surface area (Å²) < 4.78 is 14.0. The molecule has 390 valence electrons. The second-order valence-electron chi connectivity index (χ2n) is 20.9. The van der Waals surface area contributed by atoms with Gasteiger partial charge >= 0.3 is 0 Å². The zero-order valence-corrected chi connectivity index (χ0v) is 45.7. The molecule has 3 atom stereocenters. The molecular formula is C75H59N5O. The molecule has 16 rings (SSSR count). The van der Waals surface area contributed by atoms with E-state index in [0.29, 0.717) is 11.8 Å². The number of fused-ring (bicyclic) bond motifs is 14. The Morgan fingerprint density at radius 3 is 2.05 bits per heavy atom. The van der Waals surface area contributed by atoms with Gasteiger partial charge in [-0.2, -0.15) is 0 Å².